The second-order valence-electron chi connectivity index (χ2n) is 7.34. The molecule has 1 aromatic heterocycles. The first-order valence-electron chi connectivity index (χ1n) is 10.3. The molecule has 0 bridgehead atoms. The van der Waals surface area contributed by atoms with Crippen LogP contribution in [0.3, 0.4) is 0 Å². The van der Waals surface area contributed by atoms with Gasteiger partial charge in [0.2, 0.25) is 11.8 Å². The summed E-state index contributed by atoms with van der Waals surface area (Å²) in [6.07, 6.45) is 2.68. The molecule has 0 radical (unpaired) electrons. The quantitative estimate of drug-likeness (QED) is 0.657. The minimum atomic E-state index is -0.363. The molecule has 1 saturated heterocycles. The second-order valence-corrected chi connectivity index (χ2v) is 7.34. The molecule has 0 spiro atoms. The first-order chi connectivity index (χ1) is 14.7. The molecule has 1 N–H and O–H groups in total. The highest BCUT2D eigenvalue weighted by molar-refractivity contribution is 6.01. The SMILES string of the molecule is CCOc1ccccc1N1C[C@@H](C(=O)NCCc2cccc3cccnc23)CC1=O. The highest BCUT2D eigenvalue weighted by Gasteiger charge is 2.36. The summed E-state index contributed by atoms with van der Waals surface area (Å²) in [7, 11) is 0. The third-order valence-corrected chi connectivity index (χ3v) is 5.36. The van der Waals surface area contributed by atoms with Crippen molar-refractivity contribution < 1.29 is 14.3 Å². The summed E-state index contributed by atoms with van der Waals surface area (Å²) < 4.78 is 5.64. The number of nitrogens with one attached hydrogen (secondary N) is 1. The van der Waals surface area contributed by atoms with E-state index in [1.165, 1.54) is 0 Å². The van der Waals surface area contributed by atoms with E-state index < -0.39 is 0 Å². The highest BCUT2D eigenvalue weighted by Crippen LogP contribution is 2.33. The van der Waals surface area contributed by atoms with Crippen LogP contribution in [0.2, 0.25) is 0 Å². The smallest absolute Gasteiger partial charge is 0.227 e. The van der Waals surface area contributed by atoms with E-state index in [1.54, 1.807) is 11.1 Å². The molecular weight excluding hydrogens is 378 g/mol. The van der Waals surface area contributed by atoms with E-state index in [-0.39, 0.29) is 24.2 Å². The summed E-state index contributed by atoms with van der Waals surface area (Å²) in [4.78, 5) is 31.4. The lowest BCUT2D eigenvalue weighted by Crippen LogP contribution is -2.34. The molecule has 2 aromatic carbocycles. The summed E-state index contributed by atoms with van der Waals surface area (Å²) in [6, 6.07) is 17.5. The van der Waals surface area contributed by atoms with Crippen molar-refractivity contribution in [2.75, 3.05) is 24.6 Å². The normalized spacial score (nSPS) is 16.1. The van der Waals surface area contributed by atoms with Gasteiger partial charge in [-0.1, -0.05) is 36.4 Å². The van der Waals surface area contributed by atoms with Crippen molar-refractivity contribution in [3.8, 4) is 5.75 Å². The number of hydrogen-bond donors (Lipinski definition) is 1. The molecular formula is C24H25N3O3. The van der Waals surface area contributed by atoms with Gasteiger partial charge < -0.3 is 15.0 Å². The Morgan fingerprint density at radius 3 is 2.87 bits per heavy atom. The average Bonchev–Trinajstić information content (AvgIpc) is 3.16. The summed E-state index contributed by atoms with van der Waals surface area (Å²) in [6.45, 7) is 3.30. The van der Waals surface area contributed by atoms with Crippen molar-refractivity contribution in [3.05, 3.63) is 66.4 Å². The highest BCUT2D eigenvalue weighted by atomic mass is 16.5. The summed E-state index contributed by atoms with van der Waals surface area (Å²) in [5.74, 6) is 0.157. The van der Waals surface area contributed by atoms with Gasteiger partial charge in [-0.3, -0.25) is 14.6 Å². The molecule has 6 heteroatoms. The number of pyridine rings is 1. The molecule has 30 heavy (non-hydrogen) atoms. The minimum Gasteiger partial charge on any atom is -0.492 e. The Morgan fingerprint density at radius 2 is 2.00 bits per heavy atom. The number of anilines is 1. The Hall–Kier alpha value is -3.41. The topological polar surface area (TPSA) is 71.5 Å². The van der Waals surface area contributed by atoms with Gasteiger partial charge in [-0.05, 0) is 37.1 Å². The molecule has 0 saturated carbocycles. The largest absolute Gasteiger partial charge is 0.492 e. The lowest BCUT2D eigenvalue weighted by atomic mass is 10.1. The maximum absolute atomic E-state index is 12.7. The number of nitrogens with zero attached hydrogens (tertiary/aromatic N) is 2. The van der Waals surface area contributed by atoms with Gasteiger partial charge in [0.1, 0.15) is 5.75 Å². The third-order valence-electron chi connectivity index (χ3n) is 5.36. The number of aromatic nitrogens is 1. The van der Waals surface area contributed by atoms with Gasteiger partial charge in [-0.2, -0.15) is 0 Å². The number of para-hydroxylation sites is 3. The van der Waals surface area contributed by atoms with Crippen LogP contribution in [0.4, 0.5) is 5.69 Å². The third kappa shape index (κ3) is 4.13. The van der Waals surface area contributed by atoms with E-state index >= 15 is 0 Å². The molecule has 2 heterocycles. The number of fused-ring (bicyclic) bond motifs is 1. The Kier molecular flexibility index (Phi) is 5.93. The molecule has 0 unspecified atom stereocenters. The Labute approximate surface area is 175 Å². The molecule has 1 atom stereocenters. The first kappa shape index (κ1) is 19.9. The summed E-state index contributed by atoms with van der Waals surface area (Å²) in [5, 5.41) is 4.08. The number of amides is 2. The lowest BCUT2D eigenvalue weighted by molar-refractivity contribution is -0.126. The molecule has 6 nitrogen and oxygen atoms in total. The molecule has 1 aliphatic rings. The van der Waals surface area contributed by atoms with Crippen molar-refractivity contribution in [1.29, 1.82) is 0 Å². The molecule has 2 amide bonds. The fourth-order valence-corrected chi connectivity index (χ4v) is 3.91. The zero-order valence-corrected chi connectivity index (χ0v) is 17.0. The Bertz CT molecular complexity index is 1060. The second kappa shape index (κ2) is 8.95. The predicted octanol–water partition coefficient (Wildman–Crippen LogP) is 3.35. The molecule has 1 fully saturated rings. The van der Waals surface area contributed by atoms with Crippen LogP contribution in [0, 0.1) is 5.92 Å². The first-order valence-corrected chi connectivity index (χ1v) is 10.3. The summed E-state index contributed by atoms with van der Waals surface area (Å²) >= 11 is 0. The Balaban J connectivity index is 1.37. The molecule has 1 aliphatic heterocycles. The number of hydrogen-bond acceptors (Lipinski definition) is 4. The standard InChI is InChI=1S/C24H25N3O3/c1-2-30-21-11-4-3-10-20(21)27-16-19(15-22(27)28)24(29)26-14-12-18-8-5-7-17-9-6-13-25-23(17)18/h3-11,13,19H,2,12,14-16H2,1H3,(H,26,29)/t19-/m0/s1. The van der Waals surface area contributed by atoms with Gasteiger partial charge >= 0.3 is 0 Å². The summed E-state index contributed by atoms with van der Waals surface area (Å²) in [5.41, 5.74) is 2.79. The van der Waals surface area contributed by atoms with Crippen LogP contribution in [0.25, 0.3) is 10.9 Å². The molecule has 154 valence electrons. The fourth-order valence-electron chi connectivity index (χ4n) is 3.91. The zero-order chi connectivity index (χ0) is 20.9. The van der Waals surface area contributed by atoms with Crippen LogP contribution in [-0.2, 0) is 16.0 Å². The lowest BCUT2D eigenvalue weighted by Gasteiger charge is -2.20. The predicted molar refractivity (Wildman–Crippen MR) is 117 cm³/mol. The van der Waals surface area contributed by atoms with Crippen molar-refractivity contribution >= 4 is 28.4 Å². The van der Waals surface area contributed by atoms with Gasteiger partial charge in [0.25, 0.3) is 0 Å². The monoisotopic (exact) mass is 403 g/mol. The molecule has 3 aromatic rings. The van der Waals surface area contributed by atoms with Crippen molar-refractivity contribution in [2.24, 2.45) is 5.92 Å². The number of carbonyl (C=O) groups excluding carboxylic acids is 2. The van der Waals surface area contributed by atoms with Crippen molar-refractivity contribution in [2.45, 2.75) is 19.8 Å². The fraction of sp³-hybridized carbons (Fsp3) is 0.292. The number of carbonyl (C=O) groups is 2. The number of rotatable bonds is 7. The van der Waals surface area contributed by atoms with E-state index in [2.05, 4.69) is 10.3 Å². The molecule has 0 aliphatic carbocycles. The van der Waals surface area contributed by atoms with Crippen LogP contribution in [0.1, 0.15) is 18.9 Å². The van der Waals surface area contributed by atoms with Crippen LogP contribution in [0.15, 0.2) is 60.8 Å². The van der Waals surface area contributed by atoms with Crippen LogP contribution in [0.5, 0.6) is 5.75 Å². The minimum absolute atomic E-state index is 0.0550. The van der Waals surface area contributed by atoms with Crippen LogP contribution >= 0.6 is 0 Å². The van der Waals surface area contributed by atoms with E-state index in [9.17, 15) is 9.59 Å². The van der Waals surface area contributed by atoms with Gasteiger partial charge in [0, 0.05) is 31.1 Å². The van der Waals surface area contributed by atoms with Crippen molar-refractivity contribution in [1.82, 2.24) is 10.3 Å². The average molecular weight is 403 g/mol. The van der Waals surface area contributed by atoms with Crippen molar-refractivity contribution in [3.63, 3.8) is 0 Å². The van der Waals surface area contributed by atoms with Crippen LogP contribution in [-0.4, -0.2) is 36.5 Å². The number of benzene rings is 2. The van der Waals surface area contributed by atoms with Crippen LogP contribution < -0.4 is 15.0 Å². The molecule has 4 rings (SSSR count). The van der Waals surface area contributed by atoms with Gasteiger partial charge in [-0.15, -0.1) is 0 Å². The van der Waals surface area contributed by atoms with Gasteiger partial charge in [0.15, 0.2) is 0 Å². The van der Waals surface area contributed by atoms with Gasteiger partial charge in [-0.25, -0.2) is 0 Å². The van der Waals surface area contributed by atoms with E-state index in [0.717, 1.165) is 22.2 Å². The van der Waals surface area contributed by atoms with E-state index in [0.29, 0.717) is 31.9 Å². The Morgan fingerprint density at radius 1 is 1.17 bits per heavy atom. The van der Waals surface area contributed by atoms with E-state index in [4.69, 9.17) is 4.74 Å². The van der Waals surface area contributed by atoms with Gasteiger partial charge in [0.05, 0.1) is 23.7 Å². The zero-order valence-electron chi connectivity index (χ0n) is 17.0. The maximum Gasteiger partial charge on any atom is 0.227 e. The maximum atomic E-state index is 12.7. The van der Waals surface area contributed by atoms with E-state index in [1.807, 2.05) is 61.5 Å². The number of ether oxygens (including phenoxy) is 1.